The van der Waals surface area contributed by atoms with E-state index in [0.717, 1.165) is 24.3 Å². The first kappa shape index (κ1) is 15.3. The van der Waals surface area contributed by atoms with E-state index in [1.165, 1.54) is 11.0 Å². The lowest BCUT2D eigenvalue weighted by Gasteiger charge is -2.04. The van der Waals surface area contributed by atoms with Gasteiger partial charge in [-0.1, -0.05) is 0 Å². The van der Waals surface area contributed by atoms with E-state index in [9.17, 15) is 13.2 Å². The highest BCUT2D eigenvalue weighted by Gasteiger charge is 2.37. The number of H-pyrrole nitrogens is 1. The SMILES string of the molecule is FC(F)(F)c1cc(C2CC2)n(CCc2nc3c4cn[nH]c4ncn3n2)n1. The monoisotopic (exact) mass is 362 g/mol. The van der Waals surface area contributed by atoms with Gasteiger partial charge in [0.25, 0.3) is 0 Å². The molecule has 0 radical (unpaired) electrons. The van der Waals surface area contributed by atoms with Crippen LogP contribution in [0.15, 0.2) is 18.6 Å². The highest BCUT2D eigenvalue weighted by Crippen LogP contribution is 2.42. The molecule has 4 heterocycles. The number of hydrogen-bond acceptors (Lipinski definition) is 5. The van der Waals surface area contributed by atoms with Gasteiger partial charge in [0, 0.05) is 24.6 Å². The summed E-state index contributed by atoms with van der Waals surface area (Å²) in [6.45, 7) is 0.292. The molecule has 11 heteroatoms. The minimum absolute atomic E-state index is 0.169. The molecule has 0 bridgehead atoms. The van der Waals surface area contributed by atoms with Crippen LogP contribution in [0.2, 0.25) is 0 Å². The van der Waals surface area contributed by atoms with E-state index < -0.39 is 11.9 Å². The van der Waals surface area contributed by atoms with Crippen LogP contribution in [-0.2, 0) is 19.1 Å². The van der Waals surface area contributed by atoms with Crippen molar-refractivity contribution < 1.29 is 13.2 Å². The van der Waals surface area contributed by atoms with Crippen LogP contribution in [-0.4, -0.2) is 39.6 Å². The van der Waals surface area contributed by atoms with Gasteiger partial charge in [-0.2, -0.15) is 23.4 Å². The number of fused-ring (bicyclic) bond motifs is 3. The number of rotatable bonds is 4. The number of alkyl halides is 3. The van der Waals surface area contributed by atoms with Gasteiger partial charge in [0.2, 0.25) is 0 Å². The second-order valence-corrected chi connectivity index (χ2v) is 6.37. The Kier molecular flexibility index (Phi) is 3.09. The van der Waals surface area contributed by atoms with Gasteiger partial charge in [-0.15, -0.1) is 5.10 Å². The van der Waals surface area contributed by atoms with Crippen LogP contribution in [0.25, 0.3) is 16.7 Å². The van der Waals surface area contributed by atoms with Crippen LogP contribution < -0.4 is 0 Å². The smallest absolute Gasteiger partial charge is 0.268 e. The molecule has 1 saturated carbocycles. The topological polar surface area (TPSA) is 89.6 Å². The number of aromatic nitrogens is 8. The molecule has 1 aliphatic rings. The van der Waals surface area contributed by atoms with Gasteiger partial charge in [-0.3, -0.25) is 9.78 Å². The average molecular weight is 362 g/mol. The molecule has 0 aromatic carbocycles. The van der Waals surface area contributed by atoms with Crippen LogP contribution in [0.3, 0.4) is 0 Å². The summed E-state index contributed by atoms with van der Waals surface area (Å²) in [4.78, 5) is 8.64. The summed E-state index contributed by atoms with van der Waals surface area (Å²) in [5.74, 6) is 0.689. The average Bonchev–Trinajstić information content (AvgIpc) is 3.02. The van der Waals surface area contributed by atoms with Crippen molar-refractivity contribution in [2.24, 2.45) is 0 Å². The summed E-state index contributed by atoms with van der Waals surface area (Å²) in [7, 11) is 0. The summed E-state index contributed by atoms with van der Waals surface area (Å²) in [5, 5.41) is 15.5. The molecule has 4 aromatic rings. The zero-order chi connectivity index (χ0) is 17.9. The van der Waals surface area contributed by atoms with E-state index in [2.05, 4.69) is 30.4 Å². The molecule has 0 aliphatic heterocycles. The molecular formula is C15H13F3N8. The summed E-state index contributed by atoms with van der Waals surface area (Å²) in [6.07, 6.45) is 0.885. The Bertz CT molecular complexity index is 1100. The van der Waals surface area contributed by atoms with Gasteiger partial charge in [0.05, 0.1) is 11.6 Å². The molecule has 1 N–H and O–H groups in total. The molecule has 1 aliphatic carbocycles. The first-order valence-electron chi connectivity index (χ1n) is 8.17. The number of nitrogens with zero attached hydrogens (tertiary/aromatic N) is 7. The highest BCUT2D eigenvalue weighted by molar-refractivity contribution is 5.87. The summed E-state index contributed by atoms with van der Waals surface area (Å²) in [6, 6.07) is 1.16. The van der Waals surface area contributed by atoms with E-state index in [4.69, 9.17) is 0 Å². The molecule has 134 valence electrons. The van der Waals surface area contributed by atoms with Crippen LogP contribution in [0, 0.1) is 0 Å². The van der Waals surface area contributed by atoms with Gasteiger partial charge in [-0.05, 0) is 18.9 Å². The maximum Gasteiger partial charge on any atom is 0.435 e. The van der Waals surface area contributed by atoms with Crippen LogP contribution >= 0.6 is 0 Å². The molecule has 1 fully saturated rings. The largest absolute Gasteiger partial charge is 0.435 e. The molecule has 0 unspecified atom stereocenters. The van der Waals surface area contributed by atoms with E-state index in [0.29, 0.717) is 35.8 Å². The molecule has 0 amide bonds. The summed E-state index contributed by atoms with van der Waals surface area (Å²) >= 11 is 0. The van der Waals surface area contributed by atoms with Gasteiger partial charge >= 0.3 is 6.18 Å². The van der Waals surface area contributed by atoms with Gasteiger partial charge in [0.15, 0.2) is 22.8 Å². The lowest BCUT2D eigenvalue weighted by atomic mass is 10.2. The fourth-order valence-electron chi connectivity index (χ4n) is 3.05. The quantitative estimate of drug-likeness (QED) is 0.602. The normalized spacial score (nSPS) is 15.3. The van der Waals surface area contributed by atoms with E-state index >= 15 is 0 Å². The number of hydrogen-bond donors (Lipinski definition) is 1. The zero-order valence-electron chi connectivity index (χ0n) is 13.4. The van der Waals surface area contributed by atoms with E-state index in [1.807, 2.05) is 0 Å². The van der Waals surface area contributed by atoms with Gasteiger partial charge in [0.1, 0.15) is 6.33 Å². The molecule has 8 nitrogen and oxygen atoms in total. The van der Waals surface area contributed by atoms with E-state index in [-0.39, 0.29) is 5.92 Å². The number of nitrogens with one attached hydrogen (secondary N) is 1. The molecule has 26 heavy (non-hydrogen) atoms. The Morgan fingerprint density at radius 1 is 1.23 bits per heavy atom. The zero-order valence-corrected chi connectivity index (χ0v) is 13.4. The van der Waals surface area contributed by atoms with Crippen molar-refractivity contribution in [3.05, 3.63) is 35.8 Å². The minimum Gasteiger partial charge on any atom is -0.268 e. The third kappa shape index (κ3) is 2.50. The van der Waals surface area contributed by atoms with Crippen molar-refractivity contribution in [3.63, 3.8) is 0 Å². The second-order valence-electron chi connectivity index (χ2n) is 6.37. The van der Waals surface area contributed by atoms with Crippen LogP contribution in [0.5, 0.6) is 0 Å². The number of aromatic amines is 1. The minimum atomic E-state index is -4.44. The lowest BCUT2D eigenvalue weighted by molar-refractivity contribution is -0.141. The Labute approximate surface area is 144 Å². The van der Waals surface area contributed by atoms with Crippen molar-refractivity contribution in [2.75, 3.05) is 0 Å². The molecule has 5 rings (SSSR count). The summed E-state index contributed by atoms with van der Waals surface area (Å²) in [5.41, 5.74) is 1.01. The first-order valence-corrected chi connectivity index (χ1v) is 8.17. The molecule has 0 atom stereocenters. The lowest BCUT2D eigenvalue weighted by Crippen LogP contribution is -2.10. The van der Waals surface area contributed by atoms with Crippen molar-refractivity contribution in [2.45, 2.75) is 37.9 Å². The van der Waals surface area contributed by atoms with Crippen molar-refractivity contribution in [3.8, 4) is 0 Å². The standard InChI is InChI=1S/C15H13F3N8/c16-15(17,18)11-5-10(8-1-2-8)25(23-11)4-3-12-21-14-9-6-20-22-13(9)19-7-26(14)24-12/h5-8H,1-4H2,(H,20,22). The van der Waals surface area contributed by atoms with Crippen LogP contribution in [0.4, 0.5) is 13.2 Å². The third-order valence-electron chi connectivity index (χ3n) is 4.48. The van der Waals surface area contributed by atoms with Crippen molar-refractivity contribution in [1.82, 2.24) is 39.6 Å². The van der Waals surface area contributed by atoms with Gasteiger partial charge < -0.3 is 0 Å². The number of aryl methyl sites for hydroxylation is 2. The Hall–Kier alpha value is -2.98. The van der Waals surface area contributed by atoms with Gasteiger partial charge in [-0.25, -0.2) is 14.5 Å². The van der Waals surface area contributed by atoms with Crippen molar-refractivity contribution >= 4 is 16.7 Å². The maximum atomic E-state index is 13.0. The second kappa shape index (κ2) is 5.26. The predicted octanol–water partition coefficient (Wildman–Crippen LogP) is 2.34. The highest BCUT2D eigenvalue weighted by atomic mass is 19.4. The maximum absolute atomic E-state index is 13.0. The summed E-state index contributed by atoms with van der Waals surface area (Å²) < 4.78 is 41.9. The fourth-order valence-corrected chi connectivity index (χ4v) is 3.05. The molecule has 0 spiro atoms. The Morgan fingerprint density at radius 2 is 2.08 bits per heavy atom. The first-order chi connectivity index (χ1) is 12.5. The van der Waals surface area contributed by atoms with Crippen molar-refractivity contribution in [1.29, 1.82) is 0 Å². The molecular weight excluding hydrogens is 349 g/mol. The molecule has 0 saturated heterocycles. The molecule has 4 aromatic heterocycles. The van der Waals surface area contributed by atoms with Crippen LogP contribution in [0.1, 0.15) is 36.0 Å². The predicted molar refractivity (Wildman–Crippen MR) is 83.3 cm³/mol. The fraction of sp³-hybridized carbons (Fsp3) is 0.400. The number of halogens is 3. The Morgan fingerprint density at radius 3 is 2.85 bits per heavy atom. The third-order valence-corrected chi connectivity index (χ3v) is 4.48. The Balaban J connectivity index is 1.44. The van der Waals surface area contributed by atoms with E-state index in [1.54, 1.807) is 10.7 Å².